The van der Waals surface area contributed by atoms with Crippen molar-refractivity contribution in [2.24, 2.45) is 0 Å². The van der Waals surface area contributed by atoms with Gasteiger partial charge in [0.25, 0.3) is 0 Å². The number of aryl methyl sites for hydroxylation is 2. The molecule has 2 aliphatic rings. The lowest BCUT2D eigenvalue weighted by atomic mass is 9.88. The Morgan fingerprint density at radius 3 is 2.73 bits per heavy atom. The summed E-state index contributed by atoms with van der Waals surface area (Å²) in [5.41, 5.74) is 4.02. The molecule has 0 unspecified atom stereocenters. The quantitative estimate of drug-likeness (QED) is 0.840. The number of pyridine rings is 1. The van der Waals surface area contributed by atoms with E-state index in [0.717, 1.165) is 47.8 Å². The van der Waals surface area contributed by atoms with Crippen molar-refractivity contribution in [3.05, 3.63) is 47.2 Å². The Bertz CT molecular complexity index is 936. The molecule has 1 aromatic carbocycles. The van der Waals surface area contributed by atoms with Crippen molar-refractivity contribution in [3.8, 4) is 11.6 Å². The Morgan fingerprint density at radius 1 is 1.30 bits per heavy atom. The van der Waals surface area contributed by atoms with E-state index in [9.17, 15) is 4.79 Å². The Hall–Kier alpha value is -2.44. The molecule has 6 heteroatoms. The molecule has 1 amide bonds. The average molecular weight is 409 g/mol. The molecule has 2 aliphatic heterocycles. The summed E-state index contributed by atoms with van der Waals surface area (Å²) in [5.74, 6) is 1.49. The Labute approximate surface area is 179 Å². The second-order valence-electron chi connectivity index (χ2n) is 9.32. The maximum Gasteiger partial charge on any atom is 0.241 e. The van der Waals surface area contributed by atoms with Crippen LogP contribution in [0.15, 0.2) is 30.5 Å². The summed E-state index contributed by atoms with van der Waals surface area (Å²) in [6, 6.07) is 8.42. The monoisotopic (exact) mass is 408 g/mol. The molecule has 1 saturated heterocycles. The molecule has 0 aliphatic carbocycles. The third-order valence-electron chi connectivity index (χ3n) is 6.16. The number of carbonyl (C=O) groups is 1. The lowest BCUT2D eigenvalue weighted by Crippen LogP contribution is -2.52. The van der Waals surface area contributed by atoms with Gasteiger partial charge in [-0.1, -0.05) is 32.0 Å². The van der Waals surface area contributed by atoms with E-state index >= 15 is 0 Å². The Balaban J connectivity index is 1.59. The standard InChI is InChI=1S/C24H32N4O2/c1-16-7-6-8-17(2)23(16)30-21-11-20-19(12-26-21)24(4,5)15-28(20)22(29)14-27-10-9-25-18(3)13-27/h6-8,11-12,18,25H,9-10,13-15H2,1-5H3/t18-/m1/s1. The number of carbonyl (C=O) groups excluding carboxylic acids is 1. The molecule has 0 bridgehead atoms. The van der Waals surface area contributed by atoms with Gasteiger partial charge in [-0.2, -0.15) is 0 Å². The fourth-order valence-electron chi connectivity index (χ4n) is 4.51. The smallest absolute Gasteiger partial charge is 0.241 e. The predicted octanol–water partition coefficient (Wildman–Crippen LogP) is 3.41. The van der Waals surface area contributed by atoms with Gasteiger partial charge in [-0.3, -0.25) is 9.69 Å². The molecule has 6 nitrogen and oxygen atoms in total. The molecule has 160 valence electrons. The largest absolute Gasteiger partial charge is 0.438 e. The Morgan fingerprint density at radius 2 is 2.03 bits per heavy atom. The van der Waals surface area contributed by atoms with Gasteiger partial charge in [0.2, 0.25) is 11.8 Å². The molecule has 0 spiro atoms. The number of para-hydroxylation sites is 1. The van der Waals surface area contributed by atoms with Crippen LogP contribution in [0.3, 0.4) is 0 Å². The summed E-state index contributed by atoms with van der Waals surface area (Å²) in [5, 5.41) is 3.43. The van der Waals surface area contributed by atoms with E-state index in [1.54, 1.807) is 0 Å². The topological polar surface area (TPSA) is 57.7 Å². The van der Waals surface area contributed by atoms with Gasteiger partial charge < -0.3 is 15.0 Å². The number of hydrogen-bond acceptors (Lipinski definition) is 5. The predicted molar refractivity (Wildman–Crippen MR) is 120 cm³/mol. The second kappa shape index (κ2) is 8.00. The van der Waals surface area contributed by atoms with Gasteiger partial charge >= 0.3 is 0 Å². The van der Waals surface area contributed by atoms with E-state index in [0.29, 0.717) is 25.0 Å². The molecule has 2 aromatic rings. The number of anilines is 1. The van der Waals surface area contributed by atoms with Crippen molar-refractivity contribution < 1.29 is 9.53 Å². The fourth-order valence-corrected chi connectivity index (χ4v) is 4.51. The highest BCUT2D eigenvalue weighted by molar-refractivity contribution is 5.97. The molecular weight excluding hydrogens is 376 g/mol. The molecule has 1 aromatic heterocycles. The first-order valence-corrected chi connectivity index (χ1v) is 10.8. The number of rotatable bonds is 4. The van der Waals surface area contributed by atoms with Gasteiger partial charge in [0.05, 0.1) is 12.2 Å². The van der Waals surface area contributed by atoms with E-state index in [2.05, 4.69) is 36.0 Å². The summed E-state index contributed by atoms with van der Waals surface area (Å²) in [4.78, 5) is 22.0. The highest BCUT2D eigenvalue weighted by atomic mass is 16.5. The van der Waals surface area contributed by atoms with Crippen LogP contribution in [0.1, 0.15) is 37.5 Å². The van der Waals surface area contributed by atoms with Crippen LogP contribution in [-0.4, -0.2) is 54.6 Å². The zero-order chi connectivity index (χ0) is 21.5. The number of piperazine rings is 1. The summed E-state index contributed by atoms with van der Waals surface area (Å²) in [6.07, 6.45) is 1.87. The first-order chi connectivity index (χ1) is 14.2. The molecule has 1 N–H and O–H groups in total. The van der Waals surface area contributed by atoms with Crippen LogP contribution in [0.2, 0.25) is 0 Å². The molecule has 30 heavy (non-hydrogen) atoms. The molecular formula is C24H32N4O2. The third kappa shape index (κ3) is 4.07. The molecule has 0 radical (unpaired) electrons. The second-order valence-corrected chi connectivity index (χ2v) is 9.32. The van der Waals surface area contributed by atoms with Gasteiger partial charge in [0.15, 0.2) is 0 Å². The zero-order valence-electron chi connectivity index (χ0n) is 18.7. The Kier molecular flexibility index (Phi) is 5.55. The van der Waals surface area contributed by atoms with Crippen molar-refractivity contribution in [1.29, 1.82) is 0 Å². The van der Waals surface area contributed by atoms with Crippen LogP contribution in [-0.2, 0) is 10.2 Å². The van der Waals surface area contributed by atoms with Crippen LogP contribution >= 0.6 is 0 Å². The minimum atomic E-state index is -0.133. The van der Waals surface area contributed by atoms with Crippen LogP contribution < -0.4 is 15.0 Å². The van der Waals surface area contributed by atoms with Crippen molar-refractivity contribution in [3.63, 3.8) is 0 Å². The zero-order valence-corrected chi connectivity index (χ0v) is 18.7. The lowest BCUT2D eigenvalue weighted by molar-refractivity contribution is -0.120. The van der Waals surface area contributed by atoms with Crippen molar-refractivity contribution in [2.45, 2.75) is 46.1 Å². The summed E-state index contributed by atoms with van der Waals surface area (Å²) < 4.78 is 6.16. The molecule has 3 heterocycles. The summed E-state index contributed by atoms with van der Waals surface area (Å²) in [6.45, 7) is 14.4. The number of fused-ring (bicyclic) bond motifs is 1. The fraction of sp³-hybridized carbons (Fsp3) is 0.500. The third-order valence-corrected chi connectivity index (χ3v) is 6.16. The number of amides is 1. The van der Waals surface area contributed by atoms with E-state index in [1.807, 2.05) is 49.2 Å². The number of nitrogens with zero attached hydrogens (tertiary/aromatic N) is 3. The van der Waals surface area contributed by atoms with Crippen LogP contribution in [0.5, 0.6) is 11.6 Å². The van der Waals surface area contributed by atoms with E-state index in [-0.39, 0.29) is 11.3 Å². The maximum absolute atomic E-state index is 13.3. The van der Waals surface area contributed by atoms with Crippen molar-refractivity contribution >= 4 is 11.6 Å². The molecule has 1 fully saturated rings. The minimum absolute atomic E-state index is 0.133. The number of ether oxygens (including phenoxy) is 1. The average Bonchev–Trinajstić information content (AvgIpc) is 2.96. The van der Waals surface area contributed by atoms with E-state index in [4.69, 9.17) is 4.74 Å². The van der Waals surface area contributed by atoms with Crippen molar-refractivity contribution in [2.75, 3.05) is 37.6 Å². The van der Waals surface area contributed by atoms with Gasteiger partial charge in [-0.15, -0.1) is 0 Å². The molecule has 1 atom stereocenters. The van der Waals surface area contributed by atoms with Gasteiger partial charge in [0.1, 0.15) is 5.75 Å². The van der Waals surface area contributed by atoms with E-state index in [1.165, 1.54) is 0 Å². The lowest BCUT2D eigenvalue weighted by Gasteiger charge is -2.32. The number of benzene rings is 1. The van der Waals surface area contributed by atoms with Gasteiger partial charge in [-0.25, -0.2) is 4.98 Å². The molecule has 0 saturated carbocycles. The van der Waals surface area contributed by atoms with Gasteiger partial charge in [-0.05, 0) is 31.9 Å². The van der Waals surface area contributed by atoms with Crippen LogP contribution in [0.25, 0.3) is 0 Å². The van der Waals surface area contributed by atoms with E-state index < -0.39 is 0 Å². The first-order valence-electron chi connectivity index (χ1n) is 10.8. The normalized spacial score (nSPS) is 20.8. The SMILES string of the molecule is Cc1cccc(C)c1Oc1cc2c(cn1)C(C)(C)CN2C(=O)CN1CCN[C@H](C)C1. The van der Waals surface area contributed by atoms with Gasteiger partial charge in [0, 0.05) is 55.5 Å². The van der Waals surface area contributed by atoms with Crippen LogP contribution in [0, 0.1) is 13.8 Å². The number of aromatic nitrogens is 1. The number of hydrogen-bond donors (Lipinski definition) is 1. The first kappa shape index (κ1) is 20.8. The van der Waals surface area contributed by atoms with Crippen LogP contribution in [0.4, 0.5) is 5.69 Å². The summed E-state index contributed by atoms with van der Waals surface area (Å²) >= 11 is 0. The number of nitrogens with one attached hydrogen (secondary N) is 1. The molecule has 4 rings (SSSR count). The minimum Gasteiger partial charge on any atom is -0.438 e. The highest BCUT2D eigenvalue weighted by Gasteiger charge is 2.39. The summed E-state index contributed by atoms with van der Waals surface area (Å²) in [7, 11) is 0. The highest BCUT2D eigenvalue weighted by Crippen LogP contribution is 2.42. The van der Waals surface area contributed by atoms with Crippen molar-refractivity contribution in [1.82, 2.24) is 15.2 Å². The maximum atomic E-state index is 13.3.